The van der Waals surface area contributed by atoms with Gasteiger partial charge in [-0.15, -0.1) is 11.3 Å². The van der Waals surface area contributed by atoms with Gasteiger partial charge in [-0.05, 0) is 48.9 Å². The van der Waals surface area contributed by atoms with Crippen molar-refractivity contribution >= 4 is 44.9 Å². The molecular formula is C24H23FN4OS2. The molecule has 0 spiro atoms. The lowest BCUT2D eigenvalue weighted by atomic mass is 10.1. The molecule has 5 nitrogen and oxygen atoms in total. The average Bonchev–Trinajstić information content (AvgIpc) is 3.37. The molecule has 0 atom stereocenters. The molecule has 1 amide bonds. The Hall–Kier alpha value is -2.68. The van der Waals surface area contributed by atoms with Crippen LogP contribution in [0.5, 0.6) is 0 Å². The van der Waals surface area contributed by atoms with Crippen molar-refractivity contribution in [1.29, 1.82) is 0 Å². The fourth-order valence-corrected chi connectivity index (χ4v) is 5.94. The summed E-state index contributed by atoms with van der Waals surface area (Å²) in [6.45, 7) is 4.90. The van der Waals surface area contributed by atoms with Crippen LogP contribution in [0.25, 0.3) is 15.9 Å². The molecule has 0 bridgehead atoms. The highest BCUT2D eigenvalue weighted by molar-refractivity contribution is 7.99. The molecule has 1 N–H and O–H groups in total. The second-order valence-corrected chi connectivity index (χ2v) is 10.1. The largest absolute Gasteiger partial charge is 0.321 e. The summed E-state index contributed by atoms with van der Waals surface area (Å²) in [4.78, 5) is 17.1. The van der Waals surface area contributed by atoms with Gasteiger partial charge in [0.05, 0.1) is 16.3 Å². The molecule has 1 aliphatic rings. The molecule has 0 saturated carbocycles. The monoisotopic (exact) mass is 466 g/mol. The Bertz CT molecular complexity index is 1260. The van der Waals surface area contributed by atoms with Crippen molar-refractivity contribution in [1.82, 2.24) is 14.7 Å². The van der Waals surface area contributed by atoms with E-state index in [9.17, 15) is 9.18 Å². The van der Waals surface area contributed by atoms with E-state index in [4.69, 9.17) is 0 Å². The maximum absolute atomic E-state index is 13.3. The summed E-state index contributed by atoms with van der Waals surface area (Å²) >= 11 is 3.38. The van der Waals surface area contributed by atoms with Crippen LogP contribution < -0.4 is 5.32 Å². The highest BCUT2D eigenvalue weighted by atomic mass is 32.2. The van der Waals surface area contributed by atoms with Gasteiger partial charge in [-0.1, -0.05) is 18.2 Å². The predicted molar refractivity (Wildman–Crippen MR) is 131 cm³/mol. The predicted octanol–water partition coefficient (Wildman–Crippen LogP) is 5.34. The number of nitrogens with one attached hydrogen (secondary N) is 1. The van der Waals surface area contributed by atoms with Crippen molar-refractivity contribution in [2.24, 2.45) is 0 Å². The van der Waals surface area contributed by atoms with Gasteiger partial charge in [0.2, 0.25) is 0 Å². The first-order chi connectivity index (χ1) is 15.6. The molecule has 32 heavy (non-hydrogen) atoms. The fraction of sp³-hybridized carbons (Fsp3) is 0.250. The van der Waals surface area contributed by atoms with E-state index in [-0.39, 0.29) is 11.7 Å². The number of hydrogen-bond donors (Lipinski definition) is 1. The van der Waals surface area contributed by atoms with Gasteiger partial charge in [0.25, 0.3) is 5.91 Å². The zero-order valence-corrected chi connectivity index (χ0v) is 19.3. The van der Waals surface area contributed by atoms with E-state index in [1.807, 2.05) is 43.0 Å². The highest BCUT2D eigenvalue weighted by Gasteiger charge is 2.19. The number of amides is 1. The van der Waals surface area contributed by atoms with Crippen LogP contribution in [0.3, 0.4) is 0 Å². The maximum atomic E-state index is 13.3. The summed E-state index contributed by atoms with van der Waals surface area (Å²) in [5, 5.41) is 8.63. The van der Waals surface area contributed by atoms with E-state index in [1.54, 1.807) is 16.8 Å². The molecule has 0 radical (unpaired) electrons. The van der Waals surface area contributed by atoms with Crippen LogP contribution in [-0.2, 0) is 6.54 Å². The van der Waals surface area contributed by atoms with Gasteiger partial charge in [-0.3, -0.25) is 9.69 Å². The van der Waals surface area contributed by atoms with Crippen molar-refractivity contribution in [3.05, 3.63) is 76.5 Å². The summed E-state index contributed by atoms with van der Waals surface area (Å²) in [5.41, 5.74) is 3.58. The molecule has 2 aromatic heterocycles. The summed E-state index contributed by atoms with van der Waals surface area (Å²) in [6, 6.07) is 16.1. The number of thiophene rings is 1. The number of hydrogen-bond acceptors (Lipinski definition) is 5. The minimum Gasteiger partial charge on any atom is -0.321 e. The maximum Gasteiger partial charge on any atom is 0.265 e. The number of fused-ring (bicyclic) bond motifs is 1. The van der Waals surface area contributed by atoms with Gasteiger partial charge >= 0.3 is 0 Å². The standard InChI is InChI=1S/C24H23FN4OS2/c1-16-20-14-22(32-24(20)29(27-16)19-8-6-18(25)7-9-19)23(30)26-21-5-3-2-4-17(21)15-28-10-12-31-13-11-28/h2-9,14H,10-13,15H2,1H3,(H,26,30). The van der Waals surface area contributed by atoms with Gasteiger partial charge in [-0.2, -0.15) is 16.9 Å². The Labute approximate surface area is 194 Å². The van der Waals surface area contributed by atoms with E-state index >= 15 is 0 Å². The number of nitrogens with zero attached hydrogens (tertiary/aromatic N) is 3. The van der Waals surface area contributed by atoms with Crippen molar-refractivity contribution in [2.75, 3.05) is 29.9 Å². The average molecular weight is 467 g/mol. The summed E-state index contributed by atoms with van der Waals surface area (Å²) in [7, 11) is 0. The molecule has 1 saturated heterocycles. The minimum atomic E-state index is -0.290. The fourth-order valence-electron chi connectivity index (χ4n) is 3.88. The van der Waals surface area contributed by atoms with Crippen LogP contribution in [0.15, 0.2) is 54.6 Å². The van der Waals surface area contributed by atoms with E-state index in [1.165, 1.54) is 23.5 Å². The number of aryl methyl sites for hydroxylation is 1. The lowest BCUT2D eigenvalue weighted by Gasteiger charge is -2.27. The van der Waals surface area contributed by atoms with Crippen LogP contribution in [0, 0.1) is 12.7 Å². The van der Waals surface area contributed by atoms with Crippen LogP contribution in [-0.4, -0.2) is 45.2 Å². The highest BCUT2D eigenvalue weighted by Crippen LogP contribution is 2.31. The first-order valence-electron chi connectivity index (χ1n) is 10.5. The number of benzene rings is 2. The van der Waals surface area contributed by atoms with Gasteiger partial charge in [0, 0.05) is 42.2 Å². The first-order valence-corrected chi connectivity index (χ1v) is 12.5. The molecule has 4 aromatic rings. The Morgan fingerprint density at radius 3 is 2.66 bits per heavy atom. The lowest BCUT2D eigenvalue weighted by molar-refractivity contribution is 0.103. The smallest absolute Gasteiger partial charge is 0.265 e. The Balaban J connectivity index is 1.40. The molecular weight excluding hydrogens is 443 g/mol. The molecule has 2 aromatic carbocycles. The van der Waals surface area contributed by atoms with E-state index < -0.39 is 0 Å². The topological polar surface area (TPSA) is 50.2 Å². The lowest BCUT2D eigenvalue weighted by Crippen LogP contribution is -2.32. The molecule has 5 rings (SSSR count). The number of carbonyl (C=O) groups excluding carboxylic acids is 1. The second kappa shape index (κ2) is 9.05. The number of carbonyl (C=O) groups is 1. The van der Waals surface area contributed by atoms with Crippen molar-refractivity contribution in [3.8, 4) is 5.69 Å². The quantitative estimate of drug-likeness (QED) is 0.432. The summed E-state index contributed by atoms with van der Waals surface area (Å²) in [5.74, 6) is 1.89. The normalized spacial score (nSPS) is 14.7. The number of rotatable bonds is 5. The van der Waals surface area contributed by atoms with Gasteiger partial charge in [0.1, 0.15) is 10.6 Å². The SMILES string of the molecule is Cc1nn(-c2ccc(F)cc2)c2sc(C(=O)Nc3ccccc3CN3CCSCC3)cc12. The Morgan fingerprint density at radius 2 is 1.88 bits per heavy atom. The Morgan fingerprint density at radius 1 is 1.12 bits per heavy atom. The van der Waals surface area contributed by atoms with Crippen molar-refractivity contribution < 1.29 is 9.18 Å². The number of thioether (sulfide) groups is 1. The van der Waals surface area contributed by atoms with Crippen LogP contribution >= 0.6 is 23.1 Å². The van der Waals surface area contributed by atoms with Crippen molar-refractivity contribution in [3.63, 3.8) is 0 Å². The third kappa shape index (κ3) is 4.30. The molecule has 0 aliphatic carbocycles. The molecule has 1 aliphatic heterocycles. The minimum absolute atomic E-state index is 0.127. The number of para-hydroxylation sites is 1. The van der Waals surface area contributed by atoms with Crippen molar-refractivity contribution in [2.45, 2.75) is 13.5 Å². The summed E-state index contributed by atoms with van der Waals surface area (Å²) < 4.78 is 15.1. The van der Waals surface area contributed by atoms with Crippen LogP contribution in [0.1, 0.15) is 20.9 Å². The van der Waals surface area contributed by atoms with E-state index in [0.29, 0.717) is 4.88 Å². The number of aromatic nitrogens is 2. The second-order valence-electron chi connectivity index (χ2n) is 7.80. The Kier molecular flexibility index (Phi) is 5.99. The van der Waals surface area contributed by atoms with Gasteiger partial charge in [-0.25, -0.2) is 9.07 Å². The molecule has 0 unspecified atom stereocenters. The third-order valence-electron chi connectivity index (χ3n) is 5.60. The molecule has 1 fully saturated rings. The molecule has 3 heterocycles. The molecule has 8 heteroatoms. The van der Waals surface area contributed by atoms with Crippen LogP contribution in [0.4, 0.5) is 10.1 Å². The zero-order valence-electron chi connectivity index (χ0n) is 17.7. The third-order valence-corrected chi connectivity index (χ3v) is 7.65. The zero-order chi connectivity index (χ0) is 22.1. The molecule has 164 valence electrons. The van der Waals surface area contributed by atoms with E-state index in [0.717, 1.165) is 64.0 Å². The van der Waals surface area contributed by atoms with Crippen LogP contribution in [0.2, 0.25) is 0 Å². The first kappa shape index (κ1) is 21.2. The summed E-state index contributed by atoms with van der Waals surface area (Å²) in [6.07, 6.45) is 0. The van der Waals surface area contributed by atoms with E-state index in [2.05, 4.69) is 21.4 Å². The van der Waals surface area contributed by atoms with Gasteiger partial charge < -0.3 is 5.32 Å². The number of halogens is 1. The van der Waals surface area contributed by atoms with Gasteiger partial charge in [0.15, 0.2) is 0 Å². The number of anilines is 1.